The largest absolute Gasteiger partial charge is 1.00 e. The molecule has 0 unspecified atom stereocenters. The van der Waals surface area contributed by atoms with E-state index in [-0.39, 0.29) is 79.7 Å². The predicted octanol–water partition coefficient (Wildman–Crippen LogP) is -4.19. The fourth-order valence-corrected chi connectivity index (χ4v) is 3.81. The number of hydrogen-bond donors (Lipinski definition) is 0. The summed E-state index contributed by atoms with van der Waals surface area (Å²) in [6, 6.07) is 11.0. The topological polar surface area (TPSA) is 114 Å². The van der Waals surface area contributed by atoms with Crippen LogP contribution < -0.4 is 59.1 Å². The number of fused-ring (bicyclic) bond motifs is 2. The molecule has 0 aromatic heterocycles. The van der Waals surface area contributed by atoms with Crippen molar-refractivity contribution in [2.75, 3.05) is 0 Å². The van der Waals surface area contributed by atoms with Gasteiger partial charge in [0, 0.05) is 0 Å². The van der Waals surface area contributed by atoms with Crippen LogP contribution in [0.1, 0.15) is 0 Å². The van der Waals surface area contributed by atoms with Crippen molar-refractivity contribution in [1.82, 2.24) is 0 Å². The maximum atomic E-state index is 11.3. The third-order valence-corrected chi connectivity index (χ3v) is 5.13. The van der Waals surface area contributed by atoms with Gasteiger partial charge < -0.3 is 9.11 Å². The van der Waals surface area contributed by atoms with E-state index in [9.17, 15) is 25.9 Å². The molecule has 0 heterocycles. The maximum absolute atomic E-state index is 11.3. The van der Waals surface area contributed by atoms with Crippen molar-refractivity contribution >= 4 is 41.8 Å². The molecule has 0 spiro atoms. The molecular formula is C14H8Na2O6S2. The Balaban J connectivity index is 0.00000144. The molecule has 0 amide bonds. The van der Waals surface area contributed by atoms with Gasteiger partial charge >= 0.3 is 59.1 Å². The molecule has 0 atom stereocenters. The summed E-state index contributed by atoms with van der Waals surface area (Å²) < 4.78 is 67.8. The summed E-state index contributed by atoms with van der Waals surface area (Å²) in [5.41, 5.74) is 0. The normalized spacial score (nSPS) is 11.8. The Hall–Kier alpha value is 0.000000000000000444. The fraction of sp³-hybridized carbons (Fsp3) is 0. The van der Waals surface area contributed by atoms with E-state index in [1.54, 1.807) is 0 Å². The van der Waals surface area contributed by atoms with Gasteiger partial charge in [0.2, 0.25) is 0 Å². The molecule has 0 saturated heterocycles. The molecule has 114 valence electrons. The molecule has 3 aromatic rings. The van der Waals surface area contributed by atoms with Crippen LogP contribution >= 0.6 is 0 Å². The van der Waals surface area contributed by atoms with E-state index in [1.807, 2.05) is 0 Å². The quantitative estimate of drug-likeness (QED) is 0.252. The molecule has 0 N–H and O–H groups in total. The van der Waals surface area contributed by atoms with E-state index < -0.39 is 20.2 Å². The summed E-state index contributed by atoms with van der Waals surface area (Å²) in [6.45, 7) is 0. The van der Waals surface area contributed by atoms with E-state index in [1.165, 1.54) is 48.5 Å². The SMILES string of the molecule is O=S(=O)([O-])c1cccc2cc3c(S(=O)(=O)[O-])cccc3cc12.[Na+].[Na+]. The summed E-state index contributed by atoms with van der Waals surface area (Å²) in [5.74, 6) is 0. The summed E-state index contributed by atoms with van der Waals surface area (Å²) in [5, 5.41) is 1.09. The second kappa shape index (κ2) is 7.71. The van der Waals surface area contributed by atoms with Crippen molar-refractivity contribution in [2.45, 2.75) is 9.79 Å². The predicted molar refractivity (Wildman–Crippen MR) is 77.4 cm³/mol. The number of hydrogen-bond acceptors (Lipinski definition) is 6. The molecular weight excluding hydrogens is 374 g/mol. The van der Waals surface area contributed by atoms with E-state index in [0.717, 1.165) is 0 Å². The average molecular weight is 382 g/mol. The second-order valence-corrected chi connectivity index (χ2v) is 7.41. The van der Waals surface area contributed by atoms with E-state index in [2.05, 4.69) is 0 Å². The molecule has 0 radical (unpaired) electrons. The number of rotatable bonds is 2. The summed E-state index contributed by atoms with van der Waals surface area (Å²) in [4.78, 5) is -0.774. The van der Waals surface area contributed by atoms with Crippen LogP contribution in [-0.4, -0.2) is 25.9 Å². The van der Waals surface area contributed by atoms with Gasteiger partial charge in [-0.25, -0.2) is 16.8 Å². The molecule has 10 heteroatoms. The minimum atomic E-state index is -4.67. The minimum Gasteiger partial charge on any atom is -0.744 e. The van der Waals surface area contributed by atoms with Crippen molar-refractivity contribution in [3.05, 3.63) is 48.5 Å². The van der Waals surface area contributed by atoms with E-state index in [0.29, 0.717) is 10.8 Å². The molecule has 0 aliphatic rings. The first-order valence-corrected chi connectivity index (χ1v) is 8.87. The Morgan fingerprint density at radius 2 is 0.958 bits per heavy atom. The summed E-state index contributed by atoms with van der Waals surface area (Å²) in [6.07, 6.45) is 0. The first-order chi connectivity index (χ1) is 10.2. The van der Waals surface area contributed by atoms with Gasteiger partial charge in [0.15, 0.2) is 0 Å². The van der Waals surface area contributed by atoms with Gasteiger partial charge in [-0.1, -0.05) is 24.3 Å². The van der Waals surface area contributed by atoms with Crippen molar-refractivity contribution in [3.63, 3.8) is 0 Å². The Morgan fingerprint density at radius 1 is 0.625 bits per heavy atom. The summed E-state index contributed by atoms with van der Waals surface area (Å²) >= 11 is 0. The van der Waals surface area contributed by atoms with Gasteiger partial charge in [0.1, 0.15) is 20.2 Å². The van der Waals surface area contributed by atoms with Gasteiger partial charge in [-0.05, 0) is 45.8 Å². The molecule has 0 bridgehead atoms. The summed E-state index contributed by atoms with van der Waals surface area (Å²) in [7, 11) is -9.33. The minimum absolute atomic E-state index is 0. The van der Waals surface area contributed by atoms with Crippen molar-refractivity contribution in [1.29, 1.82) is 0 Å². The standard InChI is InChI=1S/C14H10O6S2.2Na/c15-21(16,17)13-5-1-3-9-7-12-10(8-11(9)13)4-2-6-14(12)22(18,19)20;;/h1-8H,(H,15,16,17)(H,18,19,20);;/q;2*+1/p-2. The zero-order chi connectivity index (χ0) is 16.1. The van der Waals surface area contributed by atoms with Crippen LogP contribution in [0, 0.1) is 0 Å². The monoisotopic (exact) mass is 382 g/mol. The smallest absolute Gasteiger partial charge is 0.744 e. The van der Waals surface area contributed by atoms with Gasteiger partial charge in [-0.2, -0.15) is 0 Å². The van der Waals surface area contributed by atoms with Gasteiger partial charge in [0.25, 0.3) is 0 Å². The van der Waals surface area contributed by atoms with E-state index >= 15 is 0 Å². The molecule has 6 nitrogen and oxygen atoms in total. The Bertz CT molecular complexity index is 1030. The molecule has 0 aliphatic carbocycles. The van der Waals surface area contributed by atoms with Gasteiger partial charge in [-0.3, -0.25) is 0 Å². The first-order valence-electron chi connectivity index (χ1n) is 6.05. The first kappa shape index (κ1) is 22.0. The van der Waals surface area contributed by atoms with Gasteiger partial charge in [0.05, 0.1) is 9.79 Å². The molecule has 0 fully saturated rings. The Kier molecular flexibility index (Phi) is 7.08. The molecule has 3 aromatic carbocycles. The average Bonchev–Trinajstić information content (AvgIpc) is 2.41. The molecule has 3 rings (SSSR count). The van der Waals surface area contributed by atoms with Crippen LogP contribution in [0.2, 0.25) is 0 Å². The maximum Gasteiger partial charge on any atom is 1.00 e. The van der Waals surface area contributed by atoms with Crippen molar-refractivity contribution in [2.24, 2.45) is 0 Å². The van der Waals surface area contributed by atoms with Crippen LogP contribution in [0.5, 0.6) is 0 Å². The van der Waals surface area contributed by atoms with Crippen molar-refractivity contribution in [3.8, 4) is 0 Å². The third-order valence-electron chi connectivity index (χ3n) is 3.34. The number of benzene rings is 3. The van der Waals surface area contributed by atoms with E-state index in [4.69, 9.17) is 0 Å². The van der Waals surface area contributed by atoms with Crippen LogP contribution in [0.4, 0.5) is 0 Å². The zero-order valence-electron chi connectivity index (χ0n) is 12.9. The Labute approximate surface area is 183 Å². The molecule has 0 aliphatic heterocycles. The van der Waals surface area contributed by atoms with Crippen LogP contribution in [0.15, 0.2) is 58.3 Å². The Morgan fingerprint density at radius 3 is 1.25 bits per heavy atom. The van der Waals surface area contributed by atoms with Crippen LogP contribution in [0.3, 0.4) is 0 Å². The zero-order valence-corrected chi connectivity index (χ0v) is 18.5. The fourth-order valence-electron chi connectivity index (χ4n) is 2.43. The van der Waals surface area contributed by atoms with Gasteiger partial charge in [-0.15, -0.1) is 0 Å². The third kappa shape index (κ3) is 4.21. The second-order valence-electron chi connectivity index (χ2n) is 4.72. The molecule has 24 heavy (non-hydrogen) atoms. The van der Waals surface area contributed by atoms with Crippen LogP contribution in [-0.2, 0) is 20.2 Å². The molecule has 0 saturated carbocycles. The van der Waals surface area contributed by atoms with Crippen molar-refractivity contribution < 1.29 is 85.1 Å². The van der Waals surface area contributed by atoms with Crippen LogP contribution in [0.25, 0.3) is 21.5 Å².